The van der Waals surface area contributed by atoms with Crippen LogP contribution in [0.3, 0.4) is 0 Å². The lowest BCUT2D eigenvalue weighted by Crippen LogP contribution is -2.27. The second-order valence-electron chi connectivity index (χ2n) is 5.21. The standard InChI is InChI=1S/C17H20BrNO4/c1-9(13-8-12(21-4)6-7-14(13)22-5)19-17(20)15-10(2)23-11(3)16(15)18/h6-9H,1-5H3,(H,19,20). The lowest BCUT2D eigenvalue weighted by atomic mass is 10.1. The first kappa shape index (κ1) is 17.4. The Labute approximate surface area is 144 Å². The lowest BCUT2D eigenvalue weighted by Gasteiger charge is -2.18. The molecule has 0 bridgehead atoms. The van der Waals surface area contributed by atoms with Crippen LogP contribution in [-0.2, 0) is 0 Å². The van der Waals surface area contributed by atoms with Gasteiger partial charge in [-0.1, -0.05) is 0 Å². The maximum absolute atomic E-state index is 12.6. The molecular weight excluding hydrogens is 362 g/mol. The molecule has 1 unspecified atom stereocenters. The number of benzene rings is 1. The van der Waals surface area contributed by atoms with Crippen molar-refractivity contribution in [2.75, 3.05) is 14.2 Å². The summed E-state index contributed by atoms with van der Waals surface area (Å²) in [7, 11) is 3.20. The number of ether oxygens (including phenoxy) is 2. The van der Waals surface area contributed by atoms with E-state index in [1.54, 1.807) is 21.1 Å². The van der Waals surface area contributed by atoms with Gasteiger partial charge in [-0.2, -0.15) is 0 Å². The number of hydrogen-bond donors (Lipinski definition) is 1. The number of hydrogen-bond acceptors (Lipinski definition) is 4. The zero-order valence-electron chi connectivity index (χ0n) is 13.8. The van der Waals surface area contributed by atoms with Crippen molar-refractivity contribution in [3.63, 3.8) is 0 Å². The maximum atomic E-state index is 12.6. The fourth-order valence-electron chi connectivity index (χ4n) is 2.44. The van der Waals surface area contributed by atoms with E-state index in [4.69, 9.17) is 13.9 Å². The summed E-state index contributed by atoms with van der Waals surface area (Å²) in [6.45, 7) is 5.47. The monoisotopic (exact) mass is 381 g/mol. The molecule has 0 radical (unpaired) electrons. The van der Waals surface area contributed by atoms with E-state index in [0.717, 1.165) is 5.56 Å². The second kappa shape index (κ2) is 7.08. The third-order valence-corrected chi connectivity index (χ3v) is 4.62. The number of aryl methyl sites for hydroxylation is 2. The highest BCUT2D eigenvalue weighted by atomic mass is 79.9. The van der Waals surface area contributed by atoms with Crippen LogP contribution in [0, 0.1) is 13.8 Å². The molecule has 1 N–H and O–H groups in total. The molecule has 0 spiro atoms. The Morgan fingerprint density at radius 3 is 2.43 bits per heavy atom. The Morgan fingerprint density at radius 2 is 1.91 bits per heavy atom. The lowest BCUT2D eigenvalue weighted by molar-refractivity contribution is 0.0937. The van der Waals surface area contributed by atoms with Crippen molar-refractivity contribution in [3.05, 3.63) is 45.3 Å². The number of carbonyl (C=O) groups excluding carboxylic acids is 1. The second-order valence-corrected chi connectivity index (χ2v) is 6.00. The van der Waals surface area contributed by atoms with E-state index in [9.17, 15) is 4.79 Å². The molecule has 2 aromatic rings. The average Bonchev–Trinajstić information content (AvgIpc) is 2.79. The molecule has 1 heterocycles. The van der Waals surface area contributed by atoms with Gasteiger partial charge in [-0.15, -0.1) is 0 Å². The molecular formula is C17H20BrNO4. The van der Waals surface area contributed by atoms with Crippen LogP contribution in [0.5, 0.6) is 11.5 Å². The van der Waals surface area contributed by atoms with Crippen molar-refractivity contribution in [1.29, 1.82) is 0 Å². The Morgan fingerprint density at radius 1 is 1.22 bits per heavy atom. The number of rotatable bonds is 5. The highest BCUT2D eigenvalue weighted by Crippen LogP contribution is 2.31. The number of carbonyl (C=O) groups is 1. The third kappa shape index (κ3) is 3.52. The molecule has 0 fully saturated rings. The van der Waals surface area contributed by atoms with Gasteiger partial charge >= 0.3 is 0 Å². The number of amides is 1. The molecule has 6 heteroatoms. The number of methoxy groups -OCH3 is 2. The smallest absolute Gasteiger partial charge is 0.256 e. The normalized spacial score (nSPS) is 11.9. The molecule has 1 aromatic heterocycles. The van der Waals surface area contributed by atoms with Crippen molar-refractivity contribution in [3.8, 4) is 11.5 Å². The summed E-state index contributed by atoms with van der Waals surface area (Å²) in [4.78, 5) is 12.6. The van der Waals surface area contributed by atoms with Gasteiger partial charge in [0.15, 0.2) is 0 Å². The minimum absolute atomic E-state index is 0.205. The summed E-state index contributed by atoms with van der Waals surface area (Å²) in [6.07, 6.45) is 0. The van der Waals surface area contributed by atoms with Gasteiger partial charge in [0, 0.05) is 5.56 Å². The molecule has 0 saturated heterocycles. The van der Waals surface area contributed by atoms with Crippen LogP contribution in [-0.4, -0.2) is 20.1 Å². The minimum Gasteiger partial charge on any atom is -0.497 e. The van der Waals surface area contributed by atoms with Gasteiger partial charge in [0.1, 0.15) is 23.0 Å². The summed E-state index contributed by atoms with van der Waals surface area (Å²) < 4.78 is 16.8. The minimum atomic E-state index is -0.256. The van der Waals surface area contributed by atoms with Gasteiger partial charge in [-0.05, 0) is 54.9 Å². The van der Waals surface area contributed by atoms with Crippen molar-refractivity contribution < 1.29 is 18.7 Å². The maximum Gasteiger partial charge on any atom is 0.256 e. The molecule has 23 heavy (non-hydrogen) atoms. The van der Waals surface area contributed by atoms with Crippen molar-refractivity contribution in [2.24, 2.45) is 0 Å². The fourth-order valence-corrected chi connectivity index (χ4v) is 2.98. The molecule has 124 valence electrons. The van der Waals surface area contributed by atoms with Crippen molar-refractivity contribution in [2.45, 2.75) is 26.8 Å². The van der Waals surface area contributed by atoms with Crippen LogP contribution in [0.1, 0.15) is 40.4 Å². The SMILES string of the molecule is COc1ccc(OC)c(C(C)NC(=O)c2c(C)oc(C)c2Br)c1. The van der Waals surface area contributed by atoms with Crippen LogP contribution in [0.4, 0.5) is 0 Å². The van der Waals surface area contributed by atoms with Crippen molar-refractivity contribution in [1.82, 2.24) is 5.32 Å². The van der Waals surface area contributed by atoms with E-state index in [1.165, 1.54) is 0 Å². The summed E-state index contributed by atoms with van der Waals surface area (Å²) in [6, 6.07) is 5.23. The van der Waals surface area contributed by atoms with Crippen LogP contribution in [0.2, 0.25) is 0 Å². The predicted octanol–water partition coefficient (Wildman–Crippen LogP) is 4.17. The van der Waals surface area contributed by atoms with E-state index in [1.807, 2.05) is 32.0 Å². The molecule has 5 nitrogen and oxygen atoms in total. The molecule has 0 aliphatic carbocycles. The number of halogens is 1. The van der Waals surface area contributed by atoms with Crippen LogP contribution >= 0.6 is 15.9 Å². The van der Waals surface area contributed by atoms with Gasteiger partial charge in [0.25, 0.3) is 5.91 Å². The van der Waals surface area contributed by atoms with Gasteiger partial charge in [-0.3, -0.25) is 4.79 Å². The topological polar surface area (TPSA) is 60.7 Å². The van der Waals surface area contributed by atoms with E-state index >= 15 is 0 Å². The largest absolute Gasteiger partial charge is 0.497 e. The fraction of sp³-hybridized carbons (Fsp3) is 0.353. The Balaban J connectivity index is 2.28. The van der Waals surface area contributed by atoms with Gasteiger partial charge in [0.2, 0.25) is 0 Å². The Hall–Kier alpha value is -1.95. The molecule has 1 amide bonds. The van der Waals surface area contributed by atoms with Gasteiger partial charge < -0.3 is 19.2 Å². The molecule has 2 rings (SSSR count). The zero-order valence-corrected chi connectivity index (χ0v) is 15.4. The molecule has 0 aliphatic rings. The first-order valence-electron chi connectivity index (χ1n) is 7.17. The molecule has 0 aliphatic heterocycles. The summed E-state index contributed by atoms with van der Waals surface area (Å²) in [5, 5.41) is 2.97. The van der Waals surface area contributed by atoms with Crippen LogP contribution in [0.15, 0.2) is 27.1 Å². The van der Waals surface area contributed by atoms with Crippen LogP contribution in [0.25, 0.3) is 0 Å². The third-order valence-electron chi connectivity index (χ3n) is 3.66. The predicted molar refractivity (Wildman–Crippen MR) is 91.3 cm³/mol. The highest BCUT2D eigenvalue weighted by molar-refractivity contribution is 9.10. The number of nitrogens with one attached hydrogen (secondary N) is 1. The highest BCUT2D eigenvalue weighted by Gasteiger charge is 2.22. The summed E-state index contributed by atoms with van der Waals surface area (Å²) >= 11 is 3.40. The summed E-state index contributed by atoms with van der Waals surface area (Å²) in [5.74, 6) is 2.45. The van der Waals surface area contributed by atoms with E-state index in [0.29, 0.717) is 33.1 Å². The van der Waals surface area contributed by atoms with Crippen LogP contribution < -0.4 is 14.8 Å². The van der Waals surface area contributed by atoms with E-state index < -0.39 is 0 Å². The van der Waals surface area contributed by atoms with E-state index in [2.05, 4.69) is 21.2 Å². The van der Waals surface area contributed by atoms with Gasteiger partial charge in [-0.25, -0.2) is 0 Å². The summed E-state index contributed by atoms with van der Waals surface area (Å²) in [5.41, 5.74) is 1.35. The molecule has 0 saturated carbocycles. The molecule has 1 aromatic carbocycles. The Kier molecular flexibility index (Phi) is 5.36. The number of furan rings is 1. The average molecular weight is 382 g/mol. The molecule has 1 atom stereocenters. The first-order chi connectivity index (χ1) is 10.9. The zero-order chi connectivity index (χ0) is 17.1. The van der Waals surface area contributed by atoms with E-state index in [-0.39, 0.29) is 11.9 Å². The quantitative estimate of drug-likeness (QED) is 0.844. The van der Waals surface area contributed by atoms with Crippen molar-refractivity contribution >= 4 is 21.8 Å². The first-order valence-corrected chi connectivity index (χ1v) is 7.96. The van der Waals surface area contributed by atoms with Gasteiger partial charge in [0.05, 0.1) is 30.3 Å². The Bertz CT molecular complexity index is 724.